The summed E-state index contributed by atoms with van der Waals surface area (Å²) < 4.78 is 7.20. The molecule has 0 fully saturated rings. The average molecular weight is 335 g/mol. The van der Waals surface area contributed by atoms with Crippen molar-refractivity contribution in [3.05, 3.63) is 72.1 Å². The van der Waals surface area contributed by atoms with Crippen LogP contribution < -0.4 is 10.1 Å². The Hall–Kier alpha value is -3.08. The maximum absolute atomic E-state index is 12.4. The molecule has 0 saturated heterocycles. The largest absolute Gasteiger partial charge is 0.497 e. The van der Waals surface area contributed by atoms with E-state index in [4.69, 9.17) is 4.74 Å². The van der Waals surface area contributed by atoms with Crippen LogP contribution in [0.25, 0.3) is 11.0 Å². The summed E-state index contributed by atoms with van der Waals surface area (Å²) >= 11 is 0. The van der Waals surface area contributed by atoms with Crippen molar-refractivity contribution in [1.82, 2.24) is 14.9 Å². The van der Waals surface area contributed by atoms with Gasteiger partial charge >= 0.3 is 0 Å². The highest BCUT2D eigenvalue weighted by molar-refractivity contribution is 5.94. The Morgan fingerprint density at radius 1 is 1.20 bits per heavy atom. The minimum atomic E-state index is -0.142. The molecular weight excluding hydrogens is 314 g/mol. The number of rotatable bonds is 6. The Kier molecular flexibility index (Phi) is 4.84. The summed E-state index contributed by atoms with van der Waals surface area (Å²) in [7, 11) is 1.60. The second-order valence-corrected chi connectivity index (χ2v) is 5.97. The second kappa shape index (κ2) is 7.21. The number of aromatic nitrogens is 2. The predicted molar refractivity (Wildman–Crippen MR) is 98.7 cm³/mol. The highest BCUT2D eigenvalue weighted by atomic mass is 16.5. The first kappa shape index (κ1) is 16.8. The van der Waals surface area contributed by atoms with Crippen molar-refractivity contribution in [2.45, 2.75) is 20.0 Å². The van der Waals surface area contributed by atoms with E-state index >= 15 is 0 Å². The zero-order chi connectivity index (χ0) is 17.8. The van der Waals surface area contributed by atoms with E-state index in [0.29, 0.717) is 18.7 Å². The number of nitrogens with one attached hydrogen (secondary N) is 1. The number of carbonyl (C=O) groups is 1. The summed E-state index contributed by atoms with van der Waals surface area (Å²) in [6.45, 7) is 7.00. The Bertz CT molecular complexity index is 910. The van der Waals surface area contributed by atoms with Gasteiger partial charge in [0.2, 0.25) is 0 Å². The summed E-state index contributed by atoms with van der Waals surface area (Å²) in [5.41, 5.74) is 3.57. The molecule has 0 atom stereocenters. The third-order valence-electron chi connectivity index (χ3n) is 3.92. The van der Waals surface area contributed by atoms with Crippen molar-refractivity contribution in [3.8, 4) is 5.75 Å². The molecule has 0 bridgehead atoms. The fourth-order valence-electron chi connectivity index (χ4n) is 2.71. The summed E-state index contributed by atoms with van der Waals surface area (Å²) in [6.07, 6.45) is 0. The minimum absolute atomic E-state index is 0.142. The van der Waals surface area contributed by atoms with E-state index in [2.05, 4.69) is 21.4 Å². The molecule has 5 nitrogen and oxygen atoms in total. The van der Waals surface area contributed by atoms with Gasteiger partial charge in [0.15, 0.2) is 0 Å². The number of para-hydroxylation sites is 2. The molecule has 1 amide bonds. The van der Waals surface area contributed by atoms with Gasteiger partial charge in [-0.05, 0) is 43.3 Å². The minimum Gasteiger partial charge on any atom is -0.497 e. The lowest BCUT2D eigenvalue weighted by molar-refractivity contribution is 0.0949. The quantitative estimate of drug-likeness (QED) is 0.701. The second-order valence-electron chi connectivity index (χ2n) is 5.97. The number of nitrogens with zero attached hydrogens (tertiary/aromatic N) is 2. The van der Waals surface area contributed by atoms with E-state index < -0.39 is 0 Å². The monoisotopic (exact) mass is 335 g/mol. The van der Waals surface area contributed by atoms with Gasteiger partial charge in [-0.1, -0.05) is 24.3 Å². The summed E-state index contributed by atoms with van der Waals surface area (Å²) in [4.78, 5) is 17.0. The van der Waals surface area contributed by atoms with Crippen molar-refractivity contribution >= 4 is 16.9 Å². The molecule has 0 radical (unpaired) electrons. The Morgan fingerprint density at radius 3 is 2.60 bits per heavy atom. The van der Waals surface area contributed by atoms with Crippen molar-refractivity contribution in [3.63, 3.8) is 0 Å². The number of benzene rings is 2. The van der Waals surface area contributed by atoms with Gasteiger partial charge in [-0.2, -0.15) is 0 Å². The molecule has 25 heavy (non-hydrogen) atoms. The molecule has 5 heteroatoms. The summed E-state index contributed by atoms with van der Waals surface area (Å²) in [5, 5.41) is 2.93. The van der Waals surface area contributed by atoms with E-state index in [1.54, 1.807) is 31.4 Å². The van der Waals surface area contributed by atoms with Gasteiger partial charge in [0.05, 0.1) is 24.7 Å². The first-order valence-electron chi connectivity index (χ1n) is 8.09. The van der Waals surface area contributed by atoms with Gasteiger partial charge in [-0.3, -0.25) is 4.79 Å². The number of amides is 1. The third-order valence-corrected chi connectivity index (χ3v) is 3.92. The van der Waals surface area contributed by atoms with E-state index in [-0.39, 0.29) is 5.91 Å². The Balaban J connectivity index is 1.79. The van der Waals surface area contributed by atoms with E-state index in [1.165, 1.54) is 0 Å². The molecule has 0 spiro atoms. The predicted octanol–water partition coefficient (Wildman–Crippen LogP) is 3.55. The highest BCUT2D eigenvalue weighted by Gasteiger charge is 2.12. The van der Waals surface area contributed by atoms with Crippen LogP contribution in [0.4, 0.5) is 0 Å². The number of ether oxygens (including phenoxy) is 1. The van der Waals surface area contributed by atoms with E-state index in [1.807, 2.05) is 31.2 Å². The number of allylic oxidation sites excluding steroid dienone is 1. The molecule has 0 aliphatic carbocycles. The topological polar surface area (TPSA) is 56.2 Å². The number of hydrogen-bond donors (Lipinski definition) is 1. The lowest BCUT2D eigenvalue weighted by atomic mass is 10.2. The molecule has 2 aromatic carbocycles. The van der Waals surface area contributed by atoms with Gasteiger partial charge in [0.25, 0.3) is 5.91 Å². The van der Waals surface area contributed by atoms with Crippen molar-refractivity contribution in [2.75, 3.05) is 7.11 Å². The van der Waals surface area contributed by atoms with Crippen LogP contribution in [0.15, 0.2) is 60.7 Å². The molecule has 1 heterocycles. The lowest BCUT2D eigenvalue weighted by Gasteiger charge is -2.10. The van der Waals surface area contributed by atoms with E-state index in [0.717, 1.165) is 28.2 Å². The molecule has 128 valence electrons. The molecule has 0 aliphatic rings. The molecule has 3 aromatic rings. The Labute approximate surface area is 146 Å². The normalized spacial score (nSPS) is 10.6. The molecule has 0 unspecified atom stereocenters. The van der Waals surface area contributed by atoms with Crippen LogP contribution >= 0.6 is 0 Å². The van der Waals surface area contributed by atoms with Crippen molar-refractivity contribution in [2.24, 2.45) is 0 Å². The number of fused-ring (bicyclic) bond motifs is 1. The molecule has 0 saturated carbocycles. The number of hydrogen-bond acceptors (Lipinski definition) is 3. The van der Waals surface area contributed by atoms with Crippen molar-refractivity contribution in [1.29, 1.82) is 0 Å². The average Bonchev–Trinajstić information content (AvgIpc) is 2.97. The fraction of sp³-hybridized carbons (Fsp3) is 0.200. The van der Waals surface area contributed by atoms with E-state index in [9.17, 15) is 4.79 Å². The van der Waals surface area contributed by atoms with Crippen LogP contribution in [0.2, 0.25) is 0 Å². The number of imidazole rings is 1. The van der Waals surface area contributed by atoms with Crippen LogP contribution in [-0.2, 0) is 13.1 Å². The van der Waals surface area contributed by atoms with Gasteiger partial charge in [0.1, 0.15) is 11.6 Å². The smallest absolute Gasteiger partial charge is 0.251 e. The maximum Gasteiger partial charge on any atom is 0.251 e. The van der Waals surface area contributed by atoms with Gasteiger partial charge in [-0.25, -0.2) is 4.98 Å². The van der Waals surface area contributed by atoms with Crippen LogP contribution in [0.1, 0.15) is 23.1 Å². The fourth-order valence-corrected chi connectivity index (χ4v) is 2.71. The van der Waals surface area contributed by atoms with Gasteiger partial charge in [-0.15, -0.1) is 0 Å². The molecule has 1 N–H and O–H groups in total. The van der Waals surface area contributed by atoms with Crippen LogP contribution in [0, 0.1) is 0 Å². The summed E-state index contributed by atoms with van der Waals surface area (Å²) in [6, 6.07) is 15.0. The van der Waals surface area contributed by atoms with Crippen molar-refractivity contribution < 1.29 is 9.53 Å². The zero-order valence-corrected chi connectivity index (χ0v) is 14.5. The van der Waals surface area contributed by atoms with Crippen LogP contribution in [0.3, 0.4) is 0 Å². The summed E-state index contributed by atoms with van der Waals surface area (Å²) in [5.74, 6) is 1.39. The third kappa shape index (κ3) is 3.71. The van der Waals surface area contributed by atoms with Gasteiger partial charge < -0.3 is 14.6 Å². The molecule has 1 aromatic heterocycles. The lowest BCUT2D eigenvalue weighted by Crippen LogP contribution is -2.24. The van der Waals surface area contributed by atoms with Gasteiger partial charge in [0, 0.05) is 12.1 Å². The molecule has 3 rings (SSSR count). The van der Waals surface area contributed by atoms with Crippen LogP contribution in [0.5, 0.6) is 5.75 Å². The molecule has 0 aliphatic heterocycles. The number of methoxy groups -OCH3 is 1. The first-order valence-corrected chi connectivity index (χ1v) is 8.09. The zero-order valence-electron chi connectivity index (χ0n) is 14.5. The van der Waals surface area contributed by atoms with Crippen LogP contribution in [-0.4, -0.2) is 22.6 Å². The Morgan fingerprint density at radius 2 is 1.92 bits per heavy atom. The first-order chi connectivity index (χ1) is 12.1. The molecular formula is C20H21N3O2. The standard InChI is InChI=1S/C20H21N3O2/c1-14(2)13-23-18-7-5-4-6-17(18)22-19(23)12-21-20(24)15-8-10-16(25-3)11-9-15/h4-11H,1,12-13H2,2-3H3,(H,21,24). The maximum atomic E-state index is 12.4. The highest BCUT2D eigenvalue weighted by Crippen LogP contribution is 2.17. The SMILES string of the molecule is C=C(C)Cn1c(CNC(=O)c2ccc(OC)cc2)nc2ccccc21. The number of carbonyl (C=O) groups excluding carboxylic acids is 1.